The van der Waals surface area contributed by atoms with Gasteiger partial charge in [-0.2, -0.15) is 11.8 Å². The van der Waals surface area contributed by atoms with Crippen molar-refractivity contribution in [2.45, 2.75) is 13.8 Å². The first kappa shape index (κ1) is 13.8. The highest BCUT2D eigenvalue weighted by atomic mass is 32.2. The Morgan fingerprint density at radius 3 is 2.82 bits per heavy atom. The molecule has 0 aromatic heterocycles. The molecule has 0 fully saturated rings. The van der Waals surface area contributed by atoms with E-state index in [0.29, 0.717) is 11.5 Å². The Bertz CT molecular complexity index is 396. The Morgan fingerprint density at radius 1 is 1.53 bits per heavy atom. The number of rotatable bonds is 6. The van der Waals surface area contributed by atoms with Crippen molar-refractivity contribution in [2.24, 2.45) is 5.92 Å². The van der Waals surface area contributed by atoms with E-state index in [9.17, 15) is 10.1 Å². The van der Waals surface area contributed by atoms with Gasteiger partial charge < -0.3 is 5.32 Å². The fourth-order valence-electron chi connectivity index (χ4n) is 1.64. The number of nitrogens with zero attached hydrogens (tertiary/aromatic N) is 1. The molecule has 0 radical (unpaired) electrons. The highest BCUT2D eigenvalue weighted by Gasteiger charge is 2.13. The van der Waals surface area contributed by atoms with E-state index >= 15 is 0 Å². The lowest BCUT2D eigenvalue weighted by molar-refractivity contribution is -0.385. The fourth-order valence-corrected chi connectivity index (χ4v) is 2.33. The molecule has 0 aliphatic carbocycles. The normalized spacial score (nSPS) is 12.2. The number of nitro benzene ring substituents is 1. The van der Waals surface area contributed by atoms with Gasteiger partial charge in [-0.05, 0) is 30.9 Å². The summed E-state index contributed by atoms with van der Waals surface area (Å²) in [6.07, 6.45) is 2.08. The minimum atomic E-state index is -0.341. The van der Waals surface area contributed by atoms with Gasteiger partial charge in [-0.15, -0.1) is 0 Å². The lowest BCUT2D eigenvalue weighted by Crippen LogP contribution is -2.14. The lowest BCUT2D eigenvalue weighted by Gasteiger charge is -2.14. The number of nitrogens with one attached hydrogen (secondary N) is 1. The second-order valence-electron chi connectivity index (χ2n) is 4.15. The molecule has 0 aliphatic heterocycles. The molecule has 1 unspecified atom stereocenters. The Balaban J connectivity index is 2.72. The summed E-state index contributed by atoms with van der Waals surface area (Å²) >= 11 is 1.81. The largest absolute Gasteiger partial charge is 0.384 e. The van der Waals surface area contributed by atoms with Crippen molar-refractivity contribution >= 4 is 23.1 Å². The maximum atomic E-state index is 10.8. The zero-order chi connectivity index (χ0) is 12.8. The summed E-state index contributed by atoms with van der Waals surface area (Å²) in [7, 11) is 0. The third-order valence-corrected chi connectivity index (χ3v) is 3.50. The predicted molar refractivity (Wildman–Crippen MR) is 73.9 cm³/mol. The van der Waals surface area contributed by atoms with Gasteiger partial charge >= 0.3 is 0 Å². The molecule has 0 aliphatic rings. The standard InChI is InChI=1S/C12H18N2O2S/c1-9(8-17-3)7-13-11-5-4-6-12(10(11)2)14(15)16/h4-6,9,13H,7-8H2,1-3H3. The van der Waals surface area contributed by atoms with Gasteiger partial charge in [-0.1, -0.05) is 13.0 Å². The molecule has 0 bridgehead atoms. The Kier molecular flexibility index (Phi) is 5.28. The lowest BCUT2D eigenvalue weighted by atomic mass is 10.1. The molecule has 0 amide bonds. The molecule has 17 heavy (non-hydrogen) atoms. The Morgan fingerprint density at radius 2 is 2.24 bits per heavy atom. The summed E-state index contributed by atoms with van der Waals surface area (Å²) in [5, 5.41) is 14.1. The van der Waals surface area contributed by atoms with Gasteiger partial charge in [0.05, 0.1) is 4.92 Å². The van der Waals surface area contributed by atoms with Crippen molar-refractivity contribution in [3.8, 4) is 0 Å². The van der Waals surface area contributed by atoms with Crippen LogP contribution >= 0.6 is 11.8 Å². The Labute approximate surface area is 106 Å². The number of anilines is 1. The molecular formula is C12H18N2O2S. The zero-order valence-electron chi connectivity index (χ0n) is 10.4. The first-order chi connectivity index (χ1) is 8.06. The summed E-state index contributed by atoms with van der Waals surface area (Å²) in [5.41, 5.74) is 1.73. The van der Waals surface area contributed by atoms with E-state index in [-0.39, 0.29) is 10.6 Å². The summed E-state index contributed by atoms with van der Waals surface area (Å²) in [6, 6.07) is 5.13. The molecule has 5 heteroatoms. The molecule has 4 nitrogen and oxygen atoms in total. The minimum absolute atomic E-state index is 0.174. The minimum Gasteiger partial charge on any atom is -0.384 e. The van der Waals surface area contributed by atoms with Crippen molar-refractivity contribution in [2.75, 3.05) is 23.9 Å². The third kappa shape index (κ3) is 3.93. The van der Waals surface area contributed by atoms with Gasteiger partial charge in [0.1, 0.15) is 0 Å². The number of hydrogen-bond acceptors (Lipinski definition) is 4. The highest BCUT2D eigenvalue weighted by Crippen LogP contribution is 2.25. The van der Waals surface area contributed by atoms with Crippen LogP contribution in [0, 0.1) is 23.0 Å². The third-order valence-electron chi connectivity index (χ3n) is 2.59. The maximum absolute atomic E-state index is 10.8. The maximum Gasteiger partial charge on any atom is 0.274 e. The second-order valence-corrected chi connectivity index (χ2v) is 5.06. The van der Waals surface area contributed by atoms with Crippen LogP contribution in [-0.4, -0.2) is 23.5 Å². The van der Waals surface area contributed by atoms with Crippen LogP contribution in [0.4, 0.5) is 11.4 Å². The van der Waals surface area contributed by atoms with Crippen molar-refractivity contribution in [3.63, 3.8) is 0 Å². The molecule has 0 spiro atoms. The number of hydrogen-bond donors (Lipinski definition) is 1. The number of benzene rings is 1. The molecule has 94 valence electrons. The summed E-state index contributed by atoms with van der Waals surface area (Å²) in [4.78, 5) is 10.4. The Hall–Kier alpha value is -1.23. The van der Waals surface area contributed by atoms with E-state index in [2.05, 4.69) is 18.5 Å². The monoisotopic (exact) mass is 254 g/mol. The average Bonchev–Trinajstić information content (AvgIpc) is 2.27. The highest BCUT2D eigenvalue weighted by molar-refractivity contribution is 7.98. The molecule has 1 atom stereocenters. The number of nitro groups is 1. The van der Waals surface area contributed by atoms with E-state index in [1.807, 2.05) is 17.8 Å². The second kappa shape index (κ2) is 6.49. The van der Waals surface area contributed by atoms with Crippen LogP contribution in [-0.2, 0) is 0 Å². The van der Waals surface area contributed by atoms with Gasteiger partial charge in [0.15, 0.2) is 0 Å². The quantitative estimate of drug-likeness (QED) is 0.625. The van der Waals surface area contributed by atoms with E-state index in [0.717, 1.165) is 18.0 Å². The molecule has 0 saturated heterocycles. The first-order valence-corrected chi connectivity index (χ1v) is 6.92. The van der Waals surface area contributed by atoms with E-state index in [1.54, 1.807) is 13.0 Å². The summed E-state index contributed by atoms with van der Waals surface area (Å²) < 4.78 is 0. The molecule has 0 saturated carbocycles. The summed E-state index contributed by atoms with van der Waals surface area (Å²) in [6.45, 7) is 4.78. The van der Waals surface area contributed by atoms with E-state index < -0.39 is 0 Å². The van der Waals surface area contributed by atoms with Gasteiger partial charge in [0.25, 0.3) is 5.69 Å². The first-order valence-electron chi connectivity index (χ1n) is 5.53. The molecular weight excluding hydrogens is 236 g/mol. The van der Waals surface area contributed by atoms with Crippen molar-refractivity contribution < 1.29 is 4.92 Å². The molecule has 1 rings (SSSR count). The molecule has 1 N–H and O–H groups in total. The van der Waals surface area contributed by atoms with Crippen molar-refractivity contribution in [1.29, 1.82) is 0 Å². The van der Waals surface area contributed by atoms with Crippen LogP contribution in [0.2, 0.25) is 0 Å². The van der Waals surface area contributed by atoms with E-state index in [4.69, 9.17) is 0 Å². The van der Waals surface area contributed by atoms with Gasteiger partial charge in [-0.25, -0.2) is 0 Å². The van der Waals surface area contributed by atoms with E-state index in [1.165, 1.54) is 6.07 Å². The van der Waals surface area contributed by atoms with Crippen LogP contribution in [0.1, 0.15) is 12.5 Å². The molecule has 0 heterocycles. The van der Waals surface area contributed by atoms with Crippen molar-refractivity contribution in [3.05, 3.63) is 33.9 Å². The van der Waals surface area contributed by atoms with Gasteiger partial charge in [-0.3, -0.25) is 10.1 Å². The van der Waals surface area contributed by atoms with Crippen LogP contribution in [0.3, 0.4) is 0 Å². The molecule has 1 aromatic carbocycles. The smallest absolute Gasteiger partial charge is 0.274 e. The fraction of sp³-hybridized carbons (Fsp3) is 0.500. The van der Waals surface area contributed by atoms with Crippen LogP contribution < -0.4 is 5.32 Å². The SMILES string of the molecule is CSCC(C)CNc1cccc([N+](=O)[O-])c1C. The summed E-state index contributed by atoms with van der Waals surface area (Å²) in [5.74, 6) is 1.63. The number of thioether (sulfide) groups is 1. The van der Waals surface area contributed by atoms with Gasteiger partial charge in [0, 0.05) is 23.9 Å². The van der Waals surface area contributed by atoms with Crippen LogP contribution in [0.5, 0.6) is 0 Å². The van der Waals surface area contributed by atoms with Gasteiger partial charge in [0.2, 0.25) is 0 Å². The molecule has 1 aromatic rings. The zero-order valence-corrected chi connectivity index (χ0v) is 11.2. The van der Waals surface area contributed by atoms with Crippen LogP contribution in [0.25, 0.3) is 0 Å². The van der Waals surface area contributed by atoms with Crippen molar-refractivity contribution in [1.82, 2.24) is 0 Å². The van der Waals surface area contributed by atoms with Crippen LogP contribution in [0.15, 0.2) is 18.2 Å². The predicted octanol–water partition coefficient (Wildman–Crippen LogP) is 3.31. The average molecular weight is 254 g/mol. The topological polar surface area (TPSA) is 55.2 Å².